The minimum Gasteiger partial charge on any atom is -0.459 e. The molecule has 0 spiro atoms. The molecule has 6 nitrogen and oxygen atoms in total. The van der Waals surface area contributed by atoms with Crippen LogP contribution in [-0.2, 0) is 14.2 Å². The molecule has 0 aliphatic heterocycles. The van der Waals surface area contributed by atoms with Gasteiger partial charge in [-0.1, -0.05) is 0 Å². The Bertz CT molecular complexity index is 538. The SMILES string of the molecule is COCCOCCOC(=O)c1[nH]cc2cnccc12. The van der Waals surface area contributed by atoms with Gasteiger partial charge < -0.3 is 19.2 Å². The third-order valence-corrected chi connectivity index (χ3v) is 2.59. The molecule has 2 aromatic heterocycles. The molecular formula is C13H16N2O4. The summed E-state index contributed by atoms with van der Waals surface area (Å²) in [6.07, 6.45) is 5.06. The highest BCUT2D eigenvalue weighted by atomic mass is 16.6. The fourth-order valence-electron chi connectivity index (χ4n) is 1.66. The number of H-pyrrole nitrogens is 1. The largest absolute Gasteiger partial charge is 0.459 e. The molecule has 0 aliphatic carbocycles. The summed E-state index contributed by atoms with van der Waals surface area (Å²) in [7, 11) is 1.61. The van der Waals surface area contributed by atoms with Crippen molar-refractivity contribution in [2.24, 2.45) is 0 Å². The van der Waals surface area contributed by atoms with Crippen LogP contribution in [0.2, 0.25) is 0 Å². The van der Waals surface area contributed by atoms with E-state index in [1.165, 1.54) is 0 Å². The van der Waals surface area contributed by atoms with E-state index in [2.05, 4.69) is 9.97 Å². The van der Waals surface area contributed by atoms with Gasteiger partial charge in [0.05, 0.1) is 19.8 Å². The van der Waals surface area contributed by atoms with Crippen LogP contribution in [0.15, 0.2) is 24.7 Å². The van der Waals surface area contributed by atoms with Crippen LogP contribution in [-0.4, -0.2) is 49.5 Å². The van der Waals surface area contributed by atoms with Gasteiger partial charge in [-0.05, 0) is 6.07 Å². The van der Waals surface area contributed by atoms with Gasteiger partial charge in [-0.15, -0.1) is 0 Å². The molecule has 0 amide bonds. The second-order valence-electron chi connectivity index (χ2n) is 3.87. The Morgan fingerprint density at radius 2 is 2.16 bits per heavy atom. The van der Waals surface area contributed by atoms with Crippen molar-refractivity contribution in [3.05, 3.63) is 30.4 Å². The van der Waals surface area contributed by atoms with Crippen molar-refractivity contribution in [3.63, 3.8) is 0 Å². The Hall–Kier alpha value is -1.92. The van der Waals surface area contributed by atoms with Gasteiger partial charge in [0.1, 0.15) is 12.3 Å². The Morgan fingerprint density at radius 3 is 3.00 bits per heavy atom. The number of hydrogen-bond acceptors (Lipinski definition) is 5. The Labute approximate surface area is 110 Å². The first kappa shape index (κ1) is 13.5. The first-order valence-corrected chi connectivity index (χ1v) is 5.98. The molecule has 1 N–H and O–H groups in total. The van der Waals surface area contributed by atoms with E-state index < -0.39 is 5.97 Å². The molecule has 19 heavy (non-hydrogen) atoms. The van der Waals surface area contributed by atoms with Gasteiger partial charge >= 0.3 is 5.97 Å². The van der Waals surface area contributed by atoms with E-state index in [1.807, 2.05) is 0 Å². The second-order valence-corrected chi connectivity index (χ2v) is 3.87. The molecule has 0 bridgehead atoms. The molecule has 0 atom stereocenters. The number of pyridine rings is 1. The van der Waals surface area contributed by atoms with Crippen LogP contribution in [0.25, 0.3) is 10.8 Å². The number of nitrogens with one attached hydrogen (secondary N) is 1. The Balaban J connectivity index is 1.83. The summed E-state index contributed by atoms with van der Waals surface area (Å²) in [4.78, 5) is 18.7. The van der Waals surface area contributed by atoms with E-state index in [4.69, 9.17) is 14.2 Å². The first-order chi connectivity index (χ1) is 9.33. The summed E-state index contributed by atoms with van der Waals surface area (Å²) >= 11 is 0. The van der Waals surface area contributed by atoms with E-state index in [0.29, 0.717) is 25.5 Å². The van der Waals surface area contributed by atoms with Crippen molar-refractivity contribution in [1.82, 2.24) is 9.97 Å². The van der Waals surface area contributed by atoms with Gasteiger partial charge in [-0.3, -0.25) is 4.98 Å². The van der Waals surface area contributed by atoms with E-state index in [-0.39, 0.29) is 6.61 Å². The molecule has 0 radical (unpaired) electrons. The number of methoxy groups -OCH3 is 1. The Kier molecular flexibility index (Phi) is 4.88. The molecule has 6 heteroatoms. The average molecular weight is 264 g/mol. The number of rotatable bonds is 7. The molecule has 2 heterocycles. The highest BCUT2D eigenvalue weighted by molar-refractivity contribution is 6.03. The quantitative estimate of drug-likeness (QED) is 0.604. The van der Waals surface area contributed by atoms with Crippen molar-refractivity contribution in [3.8, 4) is 0 Å². The fourth-order valence-corrected chi connectivity index (χ4v) is 1.66. The van der Waals surface area contributed by atoms with Crippen molar-refractivity contribution in [2.75, 3.05) is 33.5 Å². The standard InChI is InChI=1S/C13H16N2O4/c1-17-4-5-18-6-7-19-13(16)12-11-2-3-14-8-10(11)9-15-12/h2-3,8-9,15H,4-7H2,1H3. The number of aromatic nitrogens is 2. The van der Waals surface area contributed by atoms with Crippen molar-refractivity contribution < 1.29 is 19.0 Å². The molecule has 2 aromatic rings. The number of carbonyl (C=O) groups is 1. The van der Waals surface area contributed by atoms with Crippen LogP contribution >= 0.6 is 0 Å². The third-order valence-electron chi connectivity index (χ3n) is 2.59. The first-order valence-electron chi connectivity index (χ1n) is 5.98. The average Bonchev–Trinajstić information content (AvgIpc) is 2.86. The highest BCUT2D eigenvalue weighted by Gasteiger charge is 2.13. The number of hydrogen-bond donors (Lipinski definition) is 1. The summed E-state index contributed by atoms with van der Waals surface area (Å²) in [5.74, 6) is -0.392. The van der Waals surface area contributed by atoms with Crippen molar-refractivity contribution >= 4 is 16.7 Å². The van der Waals surface area contributed by atoms with E-state index in [0.717, 1.165) is 10.8 Å². The topological polar surface area (TPSA) is 73.4 Å². The summed E-state index contributed by atoms with van der Waals surface area (Å²) in [5, 5.41) is 1.69. The molecule has 0 saturated carbocycles. The number of esters is 1. The number of carbonyl (C=O) groups excluding carboxylic acids is 1. The lowest BCUT2D eigenvalue weighted by atomic mass is 10.2. The second kappa shape index (κ2) is 6.86. The molecular weight excluding hydrogens is 248 g/mol. The highest BCUT2D eigenvalue weighted by Crippen LogP contribution is 2.17. The maximum Gasteiger partial charge on any atom is 0.355 e. The van der Waals surface area contributed by atoms with Gasteiger partial charge in [0, 0.05) is 36.5 Å². The van der Waals surface area contributed by atoms with Crippen LogP contribution in [0.3, 0.4) is 0 Å². The summed E-state index contributed by atoms with van der Waals surface area (Å²) in [6.45, 7) is 1.59. The molecule has 0 unspecified atom stereocenters. The number of ether oxygens (including phenoxy) is 3. The van der Waals surface area contributed by atoms with Crippen LogP contribution in [0, 0.1) is 0 Å². The summed E-state index contributed by atoms with van der Waals surface area (Å²) < 4.78 is 15.2. The smallest absolute Gasteiger partial charge is 0.355 e. The lowest BCUT2D eigenvalue weighted by molar-refractivity contribution is 0.0211. The molecule has 0 aromatic carbocycles. The zero-order valence-electron chi connectivity index (χ0n) is 10.7. The lowest BCUT2D eigenvalue weighted by Crippen LogP contribution is -2.13. The van der Waals surface area contributed by atoms with Gasteiger partial charge in [-0.2, -0.15) is 0 Å². The number of aromatic amines is 1. The van der Waals surface area contributed by atoms with Crippen LogP contribution in [0.4, 0.5) is 0 Å². The normalized spacial score (nSPS) is 10.8. The van der Waals surface area contributed by atoms with E-state index in [9.17, 15) is 4.79 Å². The molecule has 0 aliphatic rings. The van der Waals surface area contributed by atoms with E-state index >= 15 is 0 Å². The Morgan fingerprint density at radius 1 is 1.32 bits per heavy atom. The zero-order chi connectivity index (χ0) is 13.5. The predicted molar refractivity (Wildman–Crippen MR) is 69.1 cm³/mol. The maximum absolute atomic E-state index is 11.9. The van der Waals surface area contributed by atoms with Gasteiger partial charge in [-0.25, -0.2) is 4.79 Å². The van der Waals surface area contributed by atoms with E-state index in [1.54, 1.807) is 31.8 Å². The zero-order valence-corrected chi connectivity index (χ0v) is 10.7. The lowest BCUT2D eigenvalue weighted by Gasteiger charge is -2.05. The molecule has 0 saturated heterocycles. The van der Waals surface area contributed by atoms with Gasteiger partial charge in [0.15, 0.2) is 0 Å². The van der Waals surface area contributed by atoms with Crippen LogP contribution in [0.5, 0.6) is 0 Å². The predicted octanol–water partition coefficient (Wildman–Crippen LogP) is 1.38. The third kappa shape index (κ3) is 3.52. The summed E-state index contributed by atoms with van der Waals surface area (Å²) in [6, 6.07) is 1.78. The molecule has 0 fully saturated rings. The monoisotopic (exact) mass is 264 g/mol. The van der Waals surface area contributed by atoms with Crippen molar-refractivity contribution in [2.45, 2.75) is 0 Å². The fraction of sp³-hybridized carbons (Fsp3) is 0.385. The van der Waals surface area contributed by atoms with Gasteiger partial charge in [0.2, 0.25) is 0 Å². The van der Waals surface area contributed by atoms with Crippen molar-refractivity contribution in [1.29, 1.82) is 0 Å². The minimum absolute atomic E-state index is 0.216. The number of nitrogens with zero attached hydrogens (tertiary/aromatic N) is 1. The van der Waals surface area contributed by atoms with Crippen LogP contribution in [0.1, 0.15) is 10.5 Å². The minimum atomic E-state index is -0.392. The van der Waals surface area contributed by atoms with Gasteiger partial charge in [0.25, 0.3) is 0 Å². The molecule has 102 valence electrons. The maximum atomic E-state index is 11.9. The number of fused-ring (bicyclic) bond motifs is 1. The summed E-state index contributed by atoms with van der Waals surface area (Å²) in [5.41, 5.74) is 0.439. The molecule has 2 rings (SSSR count). The van der Waals surface area contributed by atoms with Crippen LogP contribution < -0.4 is 0 Å².